The van der Waals surface area contributed by atoms with Gasteiger partial charge in [0.2, 0.25) is 5.91 Å². The molecule has 1 aliphatic rings. The van der Waals surface area contributed by atoms with Gasteiger partial charge in [-0.2, -0.15) is 0 Å². The topological polar surface area (TPSA) is 61.9 Å². The van der Waals surface area contributed by atoms with Crippen LogP contribution < -0.4 is 5.32 Å². The van der Waals surface area contributed by atoms with Crippen LogP contribution in [0.5, 0.6) is 0 Å². The molecule has 0 unspecified atom stereocenters. The van der Waals surface area contributed by atoms with Gasteiger partial charge in [-0.1, -0.05) is 0 Å². The minimum atomic E-state index is -0.457. The van der Waals surface area contributed by atoms with E-state index in [4.69, 9.17) is 4.74 Å². The molecular formula is C13H25N3O3. The Morgan fingerprint density at radius 1 is 1.32 bits per heavy atom. The number of hydrogen-bond donors (Lipinski definition) is 1. The molecule has 0 aliphatic carbocycles. The summed E-state index contributed by atoms with van der Waals surface area (Å²) in [7, 11) is 4.15. The highest BCUT2D eigenvalue weighted by Gasteiger charge is 2.23. The van der Waals surface area contributed by atoms with E-state index in [9.17, 15) is 9.59 Å². The highest BCUT2D eigenvalue weighted by molar-refractivity contribution is 5.77. The Morgan fingerprint density at radius 2 is 1.95 bits per heavy atom. The minimum absolute atomic E-state index is 0.106. The molecule has 0 aromatic carbocycles. The summed E-state index contributed by atoms with van der Waals surface area (Å²) in [6.45, 7) is 4.05. The van der Waals surface area contributed by atoms with Crippen molar-refractivity contribution in [1.29, 1.82) is 0 Å². The smallest absolute Gasteiger partial charge is 0.407 e. The Hall–Kier alpha value is -1.30. The second-order valence-electron chi connectivity index (χ2n) is 4.97. The predicted molar refractivity (Wildman–Crippen MR) is 72.9 cm³/mol. The molecule has 1 aliphatic heterocycles. The van der Waals surface area contributed by atoms with Gasteiger partial charge in [0.25, 0.3) is 0 Å². The van der Waals surface area contributed by atoms with E-state index in [1.165, 1.54) is 0 Å². The molecule has 2 amide bonds. The molecule has 0 aromatic rings. The predicted octanol–water partition coefficient (Wildman–Crippen LogP) is 0.675. The molecule has 19 heavy (non-hydrogen) atoms. The molecule has 0 saturated carbocycles. The first kappa shape index (κ1) is 15.8. The average molecular weight is 271 g/mol. The lowest BCUT2D eigenvalue weighted by atomic mass is 10.0. The maximum Gasteiger partial charge on any atom is 0.407 e. The Morgan fingerprint density at radius 3 is 2.47 bits per heavy atom. The van der Waals surface area contributed by atoms with Gasteiger partial charge in [-0.3, -0.25) is 4.79 Å². The molecule has 0 aromatic heterocycles. The lowest BCUT2D eigenvalue weighted by Gasteiger charge is -2.35. The first-order chi connectivity index (χ1) is 9.04. The van der Waals surface area contributed by atoms with Gasteiger partial charge in [0.05, 0.1) is 6.61 Å². The average Bonchev–Trinajstić information content (AvgIpc) is 2.39. The molecule has 6 heteroatoms. The van der Waals surface area contributed by atoms with Crippen molar-refractivity contribution in [1.82, 2.24) is 15.1 Å². The zero-order chi connectivity index (χ0) is 14.3. The monoisotopic (exact) mass is 271 g/mol. The molecular weight excluding hydrogens is 246 g/mol. The first-order valence-electron chi connectivity index (χ1n) is 6.89. The maximum atomic E-state index is 11.9. The summed E-state index contributed by atoms with van der Waals surface area (Å²) in [6, 6.07) is 0.571. The van der Waals surface area contributed by atoms with E-state index >= 15 is 0 Å². The standard InChI is InChI=1S/C13H25N3O3/c1-4-19-13(18)14-8-5-12(17)16-9-6-11(7-10-16)15(2)3/h11H,4-10H2,1-3H3,(H,14,18). The maximum absolute atomic E-state index is 11.9. The second-order valence-corrected chi connectivity index (χ2v) is 4.97. The largest absolute Gasteiger partial charge is 0.450 e. The number of likely N-dealkylation sites (tertiary alicyclic amines) is 1. The SMILES string of the molecule is CCOC(=O)NCCC(=O)N1CCC(N(C)C)CC1. The number of alkyl carbamates (subject to hydrolysis) is 1. The molecule has 1 saturated heterocycles. The van der Waals surface area contributed by atoms with E-state index in [2.05, 4.69) is 24.3 Å². The molecule has 1 heterocycles. The molecule has 1 N–H and O–H groups in total. The van der Waals surface area contributed by atoms with Crippen LogP contribution in [-0.2, 0) is 9.53 Å². The first-order valence-corrected chi connectivity index (χ1v) is 6.89. The van der Waals surface area contributed by atoms with Crippen molar-refractivity contribution in [2.75, 3.05) is 40.3 Å². The van der Waals surface area contributed by atoms with Gasteiger partial charge < -0.3 is 19.9 Å². The van der Waals surface area contributed by atoms with Crippen LogP contribution in [0.1, 0.15) is 26.2 Å². The zero-order valence-electron chi connectivity index (χ0n) is 12.1. The lowest BCUT2D eigenvalue weighted by molar-refractivity contribution is -0.132. The van der Waals surface area contributed by atoms with Crippen molar-refractivity contribution in [2.24, 2.45) is 0 Å². The molecule has 6 nitrogen and oxygen atoms in total. The summed E-state index contributed by atoms with van der Waals surface area (Å²) in [5.74, 6) is 0.106. The molecule has 0 spiro atoms. The number of carbonyl (C=O) groups excluding carboxylic acids is 2. The van der Waals surface area contributed by atoms with Crippen molar-refractivity contribution in [2.45, 2.75) is 32.2 Å². The molecule has 110 valence electrons. The van der Waals surface area contributed by atoms with Crippen molar-refractivity contribution < 1.29 is 14.3 Å². The molecule has 0 atom stereocenters. The van der Waals surface area contributed by atoms with Crippen molar-refractivity contribution in [3.05, 3.63) is 0 Å². The quantitative estimate of drug-likeness (QED) is 0.798. The Kier molecular flexibility index (Phi) is 6.62. The number of ether oxygens (including phenoxy) is 1. The fourth-order valence-electron chi connectivity index (χ4n) is 2.24. The van der Waals surface area contributed by atoms with Gasteiger partial charge in [0.15, 0.2) is 0 Å². The Labute approximate surface area is 115 Å². The number of amides is 2. The lowest BCUT2D eigenvalue weighted by Crippen LogP contribution is -2.45. The summed E-state index contributed by atoms with van der Waals surface area (Å²) in [5.41, 5.74) is 0. The third kappa shape index (κ3) is 5.46. The van der Waals surface area contributed by atoms with Gasteiger partial charge in [0, 0.05) is 32.1 Å². The number of carbonyl (C=O) groups is 2. The third-order valence-electron chi connectivity index (χ3n) is 3.43. The van der Waals surface area contributed by atoms with Crippen molar-refractivity contribution in [3.8, 4) is 0 Å². The van der Waals surface area contributed by atoms with Crippen LogP contribution in [-0.4, -0.2) is 68.2 Å². The molecule has 0 bridgehead atoms. The summed E-state index contributed by atoms with van der Waals surface area (Å²) in [5, 5.41) is 2.56. The van der Waals surface area contributed by atoms with E-state index in [0.29, 0.717) is 25.6 Å². The van der Waals surface area contributed by atoms with Crippen LogP contribution in [0.25, 0.3) is 0 Å². The number of hydrogen-bond acceptors (Lipinski definition) is 4. The number of nitrogens with one attached hydrogen (secondary N) is 1. The van der Waals surface area contributed by atoms with Gasteiger partial charge in [0.1, 0.15) is 0 Å². The summed E-state index contributed by atoms with van der Waals surface area (Å²) in [6.07, 6.45) is 1.92. The Bertz CT molecular complexity index is 300. The highest BCUT2D eigenvalue weighted by Crippen LogP contribution is 2.14. The van der Waals surface area contributed by atoms with Crippen LogP contribution in [0.3, 0.4) is 0 Å². The van der Waals surface area contributed by atoms with Crippen LogP contribution >= 0.6 is 0 Å². The summed E-state index contributed by atoms with van der Waals surface area (Å²) in [4.78, 5) is 27.1. The van der Waals surface area contributed by atoms with Gasteiger partial charge in [-0.15, -0.1) is 0 Å². The number of nitrogens with zero attached hydrogens (tertiary/aromatic N) is 2. The van der Waals surface area contributed by atoms with E-state index in [1.54, 1.807) is 6.92 Å². The highest BCUT2D eigenvalue weighted by atomic mass is 16.5. The van der Waals surface area contributed by atoms with E-state index in [0.717, 1.165) is 25.9 Å². The van der Waals surface area contributed by atoms with Crippen LogP contribution in [0, 0.1) is 0 Å². The Balaban J connectivity index is 2.19. The second kappa shape index (κ2) is 7.99. The summed E-state index contributed by atoms with van der Waals surface area (Å²) < 4.78 is 4.73. The molecule has 1 fully saturated rings. The van der Waals surface area contributed by atoms with Crippen molar-refractivity contribution >= 4 is 12.0 Å². The van der Waals surface area contributed by atoms with Crippen molar-refractivity contribution in [3.63, 3.8) is 0 Å². The van der Waals surface area contributed by atoms with Gasteiger partial charge in [-0.25, -0.2) is 4.79 Å². The molecule has 1 rings (SSSR count). The number of piperidine rings is 1. The van der Waals surface area contributed by atoms with Crippen LogP contribution in [0.2, 0.25) is 0 Å². The van der Waals surface area contributed by atoms with E-state index in [-0.39, 0.29) is 5.91 Å². The fraction of sp³-hybridized carbons (Fsp3) is 0.846. The molecule has 0 radical (unpaired) electrons. The van der Waals surface area contributed by atoms with Gasteiger partial charge >= 0.3 is 6.09 Å². The third-order valence-corrected chi connectivity index (χ3v) is 3.43. The van der Waals surface area contributed by atoms with E-state index in [1.807, 2.05) is 4.90 Å². The fourth-order valence-corrected chi connectivity index (χ4v) is 2.24. The van der Waals surface area contributed by atoms with E-state index < -0.39 is 6.09 Å². The van der Waals surface area contributed by atoms with Crippen LogP contribution in [0.15, 0.2) is 0 Å². The normalized spacial score (nSPS) is 16.5. The summed E-state index contributed by atoms with van der Waals surface area (Å²) >= 11 is 0. The van der Waals surface area contributed by atoms with Gasteiger partial charge in [-0.05, 0) is 33.9 Å². The van der Waals surface area contributed by atoms with Crippen LogP contribution in [0.4, 0.5) is 4.79 Å². The minimum Gasteiger partial charge on any atom is -0.450 e. The zero-order valence-corrected chi connectivity index (χ0v) is 12.1. The number of rotatable bonds is 5.